The third kappa shape index (κ3) is 4.46. The molecule has 4 aromatic rings. The summed E-state index contributed by atoms with van der Waals surface area (Å²) >= 11 is 1.36. The molecule has 156 valence electrons. The molecule has 6 nitrogen and oxygen atoms in total. The van der Waals surface area contributed by atoms with Crippen LogP contribution < -0.4 is 9.64 Å². The Kier molecular flexibility index (Phi) is 6.33. The Hall–Kier alpha value is -3.58. The van der Waals surface area contributed by atoms with E-state index < -0.39 is 0 Å². The maximum Gasteiger partial charge on any atom is 0.237 e. The van der Waals surface area contributed by atoms with E-state index in [-0.39, 0.29) is 11.7 Å². The largest absolute Gasteiger partial charge is 0.496 e. The van der Waals surface area contributed by atoms with Gasteiger partial charge in [0.05, 0.1) is 18.4 Å². The number of carbonyl (C=O) groups excluding carboxylic acids is 1. The lowest BCUT2D eigenvalue weighted by Gasteiger charge is -2.17. The monoisotopic (exact) mass is 430 g/mol. The predicted molar refractivity (Wildman–Crippen MR) is 124 cm³/mol. The number of hydrogen-bond acceptors (Lipinski definition) is 5. The number of aromatic nitrogens is 3. The highest BCUT2D eigenvalue weighted by Crippen LogP contribution is 2.33. The Morgan fingerprint density at radius 2 is 1.58 bits per heavy atom. The number of para-hydroxylation sites is 3. The lowest BCUT2D eigenvalue weighted by Crippen LogP contribution is -2.27. The van der Waals surface area contributed by atoms with Crippen LogP contribution >= 0.6 is 11.8 Å². The number of carbonyl (C=O) groups is 1. The van der Waals surface area contributed by atoms with Crippen LogP contribution in [-0.2, 0) is 4.79 Å². The molecule has 0 unspecified atom stereocenters. The Morgan fingerprint density at radius 1 is 0.935 bits per heavy atom. The molecule has 0 radical (unpaired) electrons. The Morgan fingerprint density at radius 3 is 2.29 bits per heavy atom. The molecule has 31 heavy (non-hydrogen) atoms. The summed E-state index contributed by atoms with van der Waals surface area (Å²) in [7, 11) is 3.41. The van der Waals surface area contributed by atoms with Gasteiger partial charge < -0.3 is 9.64 Å². The number of anilines is 1. The molecule has 3 aromatic carbocycles. The van der Waals surface area contributed by atoms with Crippen molar-refractivity contribution in [2.45, 2.75) is 5.16 Å². The molecule has 1 aromatic heterocycles. The van der Waals surface area contributed by atoms with Crippen molar-refractivity contribution in [1.82, 2.24) is 14.8 Å². The predicted octanol–water partition coefficient (Wildman–Crippen LogP) is 4.70. The smallest absolute Gasteiger partial charge is 0.237 e. The van der Waals surface area contributed by atoms with Crippen molar-refractivity contribution in [2.24, 2.45) is 0 Å². The maximum absolute atomic E-state index is 12.8. The number of amides is 1. The van der Waals surface area contributed by atoms with E-state index >= 15 is 0 Å². The molecular formula is C24H22N4O2S. The summed E-state index contributed by atoms with van der Waals surface area (Å²) in [5, 5.41) is 9.48. The van der Waals surface area contributed by atoms with E-state index in [1.165, 1.54) is 11.8 Å². The lowest BCUT2D eigenvalue weighted by atomic mass is 10.2. The molecule has 1 amide bonds. The Bertz CT molecular complexity index is 1160. The normalized spacial score (nSPS) is 10.6. The van der Waals surface area contributed by atoms with E-state index in [0.717, 1.165) is 16.9 Å². The van der Waals surface area contributed by atoms with E-state index in [1.807, 2.05) is 89.5 Å². The van der Waals surface area contributed by atoms with E-state index in [9.17, 15) is 4.79 Å². The van der Waals surface area contributed by atoms with E-state index in [2.05, 4.69) is 10.2 Å². The summed E-state index contributed by atoms with van der Waals surface area (Å²) in [5.41, 5.74) is 2.60. The molecule has 0 aliphatic heterocycles. The van der Waals surface area contributed by atoms with Crippen molar-refractivity contribution in [3.05, 3.63) is 84.9 Å². The number of methoxy groups -OCH3 is 1. The zero-order valence-electron chi connectivity index (χ0n) is 17.3. The van der Waals surface area contributed by atoms with Gasteiger partial charge >= 0.3 is 0 Å². The van der Waals surface area contributed by atoms with Gasteiger partial charge in [0, 0.05) is 18.4 Å². The van der Waals surface area contributed by atoms with Gasteiger partial charge in [-0.1, -0.05) is 60.3 Å². The highest BCUT2D eigenvalue weighted by molar-refractivity contribution is 7.99. The van der Waals surface area contributed by atoms with Gasteiger partial charge in [-0.3, -0.25) is 9.36 Å². The fraction of sp³-hybridized carbons (Fsp3) is 0.125. The summed E-state index contributed by atoms with van der Waals surface area (Å²) in [6, 6.07) is 27.1. The van der Waals surface area contributed by atoms with Crippen molar-refractivity contribution < 1.29 is 9.53 Å². The van der Waals surface area contributed by atoms with Crippen LogP contribution in [0.2, 0.25) is 0 Å². The zero-order chi connectivity index (χ0) is 21.6. The molecule has 4 rings (SSSR count). The van der Waals surface area contributed by atoms with Gasteiger partial charge in [-0.15, -0.1) is 10.2 Å². The van der Waals surface area contributed by atoms with Gasteiger partial charge in [0.15, 0.2) is 11.0 Å². The molecule has 0 aliphatic rings. The lowest BCUT2D eigenvalue weighted by molar-refractivity contribution is -0.115. The number of thioether (sulfide) groups is 1. The minimum Gasteiger partial charge on any atom is -0.496 e. The van der Waals surface area contributed by atoms with Gasteiger partial charge in [-0.05, 0) is 36.4 Å². The molecule has 0 saturated carbocycles. The third-order valence-corrected chi connectivity index (χ3v) is 5.75. The molecule has 0 N–H and O–H groups in total. The van der Waals surface area contributed by atoms with E-state index in [1.54, 1.807) is 19.1 Å². The zero-order valence-corrected chi connectivity index (χ0v) is 18.1. The van der Waals surface area contributed by atoms with Crippen molar-refractivity contribution in [3.8, 4) is 22.8 Å². The standard InChI is InChI=1S/C24H22N4O2S/c1-27(18-11-5-3-6-12-18)22(29)17-31-24-26-25-23(20-15-9-10-16-21(20)30-2)28(24)19-13-7-4-8-14-19/h3-16H,17H2,1-2H3. The first kappa shape index (κ1) is 20.7. The van der Waals surface area contributed by atoms with Crippen molar-refractivity contribution in [2.75, 3.05) is 24.8 Å². The molecule has 0 atom stereocenters. The first-order valence-electron chi connectivity index (χ1n) is 9.77. The second-order valence-electron chi connectivity index (χ2n) is 6.75. The van der Waals surface area contributed by atoms with E-state index in [0.29, 0.717) is 16.7 Å². The van der Waals surface area contributed by atoms with Gasteiger partial charge in [0.1, 0.15) is 5.75 Å². The first-order valence-corrected chi connectivity index (χ1v) is 10.8. The molecule has 0 saturated heterocycles. The second kappa shape index (κ2) is 9.49. The van der Waals surface area contributed by atoms with Crippen LogP contribution in [0.25, 0.3) is 17.1 Å². The van der Waals surface area contributed by atoms with Crippen LogP contribution in [0.5, 0.6) is 5.75 Å². The average Bonchev–Trinajstić information content (AvgIpc) is 3.26. The number of benzene rings is 3. The van der Waals surface area contributed by atoms with Crippen LogP contribution in [0.15, 0.2) is 90.1 Å². The van der Waals surface area contributed by atoms with Crippen molar-refractivity contribution in [3.63, 3.8) is 0 Å². The first-order chi connectivity index (χ1) is 15.2. The molecule has 7 heteroatoms. The van der Waals surface area contributed by atoms with Gasteiger partial charge in [-0.25, -0.2) is 0 Å². The second-order valence-corrected chi connectivity index (χ2v) is 7.70. The molecule has 0 fully saturated rings. The fourth-order valence-corrected chi connectivity index (χ4v) is 4.06. The topological polar surface area (TPSA) is 60.3 Å². The van der Waals surface area contributed by atoms with Crippen LogP contribution in [0.1, 0.15) is 0 Å². The van der Waals surface area contributed by atoms with Crippen LogP contribution in [0, 0.1) is 0 Å². The summed E-state index contributed by atoms with van der Waals surface area (Å²) in [4.78, 5) is 14.4. The molecule has 1 heterocycles. The minimum absolute atomic E-state index is 0.0161. The quantitative estimate of drug-likeness (QED) is 0.398. The van der Waals surface area contributed by atoms with Crippen LogP contribution in [0.3, 0.4) is 0 Å². The highest BCUT2D eigenvalue weighted by Gasteiger charge is 2.20. The van der Waals surface area contributed by atoms with Gasteiger partial charge in [0.25, 0.3) is 0 Å². The minimum atomic E-state index is -0.0161. The number of rotatable bonds is 7. The summed E-state index contributed by atoms with van der Waals surface area (Å²) in [6.07, 6.45) is 0. The number of nitrogens with zero attached hydrogens (tertiary/aromatic N) is 4. The van der Waals surface area contributed by atoms with Crippen molar-refractivity contribution in [1.29, 1.82) is 0 Å². The van der Waals surface area contributed by atoms with Crippen LogP contribution in [-0.4, -0.2) is 40.6 Å². The molecule has 0 bridgehead atoms. The Balaban J connectivity index is 1.65. The van der Waals surface area contributed by atoms with Crippen LogP contribution in [0.4, 0.5) is 5.69 Å². The number of hydrogen-bond donors (Lipinski definition) is 0. The highest BCUT2D eigenvalue weighted by atomic mass is 32.2. The maximum atomic E-state index is 12.8. The van der Waals surface area contributed by atoms with E-state index in [4.69, 9.17) is 4.74 Å². The molecule has 0 spiro atoms. The summed E-state index contributed by atoms with van der Waals surface area (Å²) in [5.74, 6) is 1.60. The van der Waals surface area contributed by atoms with Crippen molar-refractivity contribution >= 4 is 23.4 Å². The fourth-order valence-electron chi connectivity index (χ4n) is 3.20. The SMILES string of the molecule is COc1ccccc1-c1nnc(SCC(=O)N(C)c2ccccc2)n1-c1ccccc1. The molecule has 0 aliphatic carbocycles. The summed E-state index contributed by atoms with van der Waals surface area (Å²) in [6.45, 7) is 0. The number of ether oxygens (including phenoxy) is 1. The van der Waals surface area contributed by atoms with Gasteiger partial charge in [-0.2, -0.15) is 0 Å². The van der Waals surface area contributed by atoms with Gasteiger partial charge in [0.2, 0.25) is 5.91 Å². The average molecular weight is 431 g/mol. The third-order valence-electron chi connectivity index (χ3n) is 4.84. The molecular weight excluding hydrogens is 408 g/mol. The summed E-state index contributed by atoms with van der Waals surface area (Å²) < 4.78 is 7.49. The Labute approximate surface area is 185 Å².